The summed E-state index contributed by atoms with van der Waals surface area (Å²) in [6.45, 7) is 2.01. The topological polar surface area (TPSA) is 123 Å². The molecule has 2 aliphatic heterocycles. The van der Waals surface area contributed by atoms with Gasteiger partial charge < -0.3 is 15.2 Å². The van der Waals surface area contributed by atoms with E-state index in [9.17, 15) is 24.6 Å². The minimum atomic E-state index is -1.78. The second-order valence-corrected chi connectivity index (χ2v) is 10.0. The Morgan fingerprint density at radius 1 is 0.974 bits per heavy atom. The van der Waals surface area contributed by atoms with Gasteiger partial charge in [0.05, 0.1) is 17.5 Å². The lowest BCUT2D eigenvalue weighted by atomic mass is 9.76. The van der Waals surface area contributed by atoms with Crippen molar-refractivity contribution >= 4 is 34.4 Å². The first-order chi connectivity index (χ1) is 18.4. The van der Waals surface area contributed by atoms with E-state index in [1.807, 2.05) is 43.3 Å². The number of hydrogen-bond donors (Lipinski definition) is 4. The molecule has 1 aromatic heterocycles. The summed E-state index contributed by atoms with van der Waals surface area (Å²) in [5.41, 5.74) is 1.64. The molecule has 0 bridgehead atoms. The van der Waals surface area contributed by atoms with Gasteiger partial charge in [-0.1, -0.05) is 55.5 Å². The monoisotopic (exact) mass is 509 g/mol. The fourth-order valence-corrected chi connectivity index (χ4v) is 6.17. The summed E-state index contributed by atoms with van der Waals surface area (Å²) in [6.07, 6.45) is 2.53. The predicted molar refractivity (Wildman–Crippen MR) is 142 cm³/mol. The molecule has 3 aromatic carbocycles. The number of aryl methyl sites for hydroxylation is 1. The van der Waals surface area contributed by atoms with E-state index in [0.717, 1.165) is 33.4 Å². The number of phenols is 1. The van der Waals surface area contributed by atoms with Crippen LogP contribution in [0.3, 0.4) is 0 Å². The van der Waals surface area contributed by atoms with Crippen molar-refractivity contribution in [2.45, 2.75) is 31.3 Å². The van der Waals surface area contributed by atoms with Crippen molar-refractivity contribution in [1.29, 1.82) is 0 Å². The Labute approximate surface area is 218 Å². The van der Waals surface area contributed by atoms with Gasteiger partial charge >= 0.3 is 5.97 Å². The van der Waals surface area contributed by atoms with Crippen molar-refractivity contribution in [1.82, 2.24) is 10.3 Å². The van der Waals surface area contributed by atoms with Crippen LogP contribution in [0.25, 0.3) is 10.9 Å². The van der Waals surface area contributed by atoms with E-state index < -0.39 is 41.2 Å². The first-order valence-corrected chi connectivity index (χ1v) is 12.7. The van der Waals surface area contributed by atoms with E-state index in [0.29, 0.717) is 11.3 Å². The molecule has 0 spiro atoms. The first-order valence-electron chi connectivity index (χ1n) is 12.7. The van der Waals surface area contributed by atoms with E-state index in [2.05, 4.69) is 10.3 Å². The van der Waals surface area contributed by atoms with Crippen molar-refractivity contribution in [2.24, 2.45) is 11.8 Å². The largest absolute Gasteiger partial charge is 0.508 e. The summed E-state index contributed by atoms with van der Waals surface area (Å²) in [4.78, 5) is 45.5. The molecule has 4 atom stereocenters. The van der Waals surface area contributed by atoms with Gasteiger partial charge in [-0.25, -0.2) is 4.90 Å². The number of carbonyl (C=O) groups is 3. The van der Waals surface area contributed by atoms with Gasteiger partial charge in [-0.15, -0.1) is 0 Å². The van der Waals surface area contributed by atoms with Gasteiger partial charge in [0.2, 0.25) is 11.8 Å². The number of imide groups is 1. The molecule has 0 aliphatic carbocycles. The summed E-state index contributed by atoms with van der Waals surface area (Å²) >= 11 is 0. The lowest BCUT2D eigenvalue weighted by Crippen LogP contribution is -2.57. The van der Waals surface area contributed by atoms with Crippen LogP contribution in [0, 0.1) is 11.8 Å². The molecule has 2 fully saturated rings. The summed E-state index contributed by atoms with van der Waals surface area (Å²) in [6, 6.07) is 20.4. The SMILES string of the molecule is CCc1ccc(N2C(=O)[C@@H]3[C@H](c4ccccc4O)N[C@@](Cc4c[nH]c5ccccc45)(C(=O)O)[C@H]3C2=O)cc1. The maximum absolute atomic E-state index is 14.1. The first kappa shape index (κ1) is 23.9. The van der Waals surface area contributed by atoms with Gasteiger partial charge in [-0.05, 0) is 41.8 Å². The highest BCUT2D eigenvalue weighted by Gasteiger charge is 2.69. The van der Waals surface area contributed by atoms with Gasteiger partial charge in [-0.3, -0.25) is 19.7 Å². The molecule has 2 aliphatic rings. The molecule has 2 saturated heterocycles. The van der Waals surface area contributed by atoms with Crippen LogP contribution in [0.5, 0.6) is 5.75 Å². The Morgan fingerprint density at radius 2 is 1.68 bits per heavy atom. The number of nitrogens with zero attached hydrogens (tertiary/aromatic N) is 1. The van der Waals surface area contributed by atoms with Crippen LogP contribution in [0.1, 0.15) is 29.7 Å². The quantitative estimate of drug-likeness (QED) is 0.292. The molecule has 4 aromatic rings. The number of H-pyrrole nitrogens is 1. The molecular formula is C30H27N3O5. The summed E-state index contributed by atoms with van der Waals surface area (Å²) in [7, 11) is 0. The number of benzene rings is 3. The fourth-order valence-electron chi connectivity index (χ4n) is 6.17. The van der Waals surface area contributed by atoms with Crippen molar-refractivity contribution < 1.29 is 24.6 Å². The minimum absolute atomic E-state index is 0.0285. The van der Waals surface area contributed by atoms with E-state index in [1.54, 1.807) is 36.5 Å². The summed E-state index contributed by atoms with van der Waals surface area (Å²) in [5.74, 6) is -4.52. The number of para-hydroxylation sites is 2. The maximum atomic E-state index is 14.1. The third kappa shape index (κ3) is 3.44. The van der Waals surface area contributed by atoms with Crippen LogP contribution >= 0.6 is 0 Å². The van der Waals surface area contributed by atoms with Crippen LogP contribution in [0.15, 0.2) is 79.0 Å². The fraction of sp³-hybridized carbons (Fsp3) is 0.233. The van der Waals surface area contributed by atoms with Crippen LogP contribution in [-0.2, 0) is 27.2 Å². The Kier molecular flexibility index (Phi) is 5.57. The number of amides is 2. The Morgan fingerprint density at radius 3 is 2.39 bits per heavy atom. The minimum Gasteiger partial charge on any atom is -0.508 e. The third-order valence-electron chi connectivity index (χ3n) is 8.05. The summed E-state index contributed by atoms with van der Waals surface area (Å²) < 4.78 is 0. The van der Waals surface area contributed by atoms with Gasteiger partial charge in [0, 0.05) is 35.1 Å². The zero-order valence-electron chi connectivity index (χ0n) is 20.7. The molecule has 3 heterocycles. The van der Waals surface area contributed by atoms with Gasteiger partial charge in [-0.2, -0.15) is 0 Å². The van der Waals surface area contributed by atoms with Crippen molar-refractivity contribution in [3.63, 3.8) is 0 Å². The van der Waals surface area contributed by atoms with Crippen LogP contribution < -0.4 is 10.2 Å². The number of aromatic hydroxyl groups is 1. The number of carboxylic acid groups (broad SMARTS) is 1. The molecule has 8 nitrogen and oxygen atoms in total. The third-order valence-corrected chi connectivity index (χ3v) is 8.05. The number of rotatable bonds is 6. The van der Waals surface area contributed by atoms with Crippen LogP contribution in [-0.4, -0.2) is 38.5 Å². The van der Waals surface area contributed by atoms with Crippen molar-refractivity contribution in [3.8, 4) is 5.75 Å². The molecule has 0 saturated carbocycles. The molecule has 192 valence electrons. The van der Waals surface area contributed by atoms with Crippen molar-refractivity contribution in [2.75, 3.05) is 4.90 Å². The number of nitrogens with one attached hydrogen (secondary N) is 2. The van der Waals surface area contributed by atoms with Gasteiger partial charge in [0.25, 0.3) is 0 Å². The highest BCUT2D eigenvalue weighted by atomic mass is 16.4. The molecule has 2 amide bonds. The lowest BCUT2D eigenvalue weighted by Gasteiger charge is -2.31. The number of carboxylic acids is 1. The molecule has 38 heavy (non-hydrogen) atoms. The zero-order valence-corrected chi connectivity index (χ0v) is 20.7. The average molecular weight is 510 g/mol. The smallest absolute Gasteiger partial charge is 0.325 e. The van der Waals surface area contributed by atoms with Crippen LogP contribution in [0.4, 0.5) is 5.69 Å². The van der Waals surface area contributed by atoms with E-state index >= 15 is 0 Å². The number of hydrogen-bond acceptors (Lipinski definition) is 5. The van der Waals surface area contributed by atoms with Gasteiger partial charge in [0.15, 0.2) is 0 Å². The molecule has 6 rings (SSSR count). The van der Waals surface area contributed by atoms with Crippen molar-refractivity contribution in [3.05, 3.63) is 95.7 Å². The second-order valence-electron chi connectivity index (χ2n) is 10.0. The van der Waals surface area contributed by atoms with E-state index in [-0.39, 0.29) is 12.2 Å². The highest BCUT2D eigenvalue weighted by Crippen LogP contribution is 2.52. The average Bonchev–Trinajstić information content (AvgIpc) is 3.57. The second kappa shape index (κ2) is 8.85. The normalized spacial score (nSPS) is 24.8. The predicted octanol–water partition coefficient (Wildman–Crippen LogP) is 3.95. The van der Waals surface area contributed by atoms with E-state index in [4.69, 9.17) is 0 Å². The molecule has 8 heteroatoms. The number of carbonyl (C=O) groups excluding carboxylic acids is 2. The molecule has 4 N–H and O–H groups in total. The Hall–Kier alpha value is -4.43. The standard InChI is InChI=1S/C30H27N3O5/c1-2-17-11-13-19(14-12-17)33-27(35)24-25(28(33)36)30(29(37)38,32-26(24)21-8-4-6-10-23(21)34)15-18-16-31-22-9-5-3-7-20(18)22/h3-14,16,24-26,31-32,34H,2,15H2,1H3,(H,37,38)/t24-,25+,26-,30+/m0/s1. The van der Waals surface area contributed by atoms with Gasteiger partial charge in [0.1, 0.15) is 11.3 Å². The highest BCUT2D eigenvalue weighted by molar-refractivity contribution is 6.24. The van der Waals surface area contributed by atoms with E-state index in [1.165, 1.54) is 6.07 Å². The number of aromatic nitrogens is 1. The number of aliphatic carboxylic acids is 1. The maximum Gasteiger partial charge on any atom is 0.325 e. The molecular weight excluding hydrogens is 482 g/mol. The Balaban J connectivity index is 1.51. The molecule has 0 radical (unpaired) electrons. The molecule has 0 unspecified atom stereocenters. The Bertz CT molecular complexity index is 1580. The number of fused-ring (bicyclic) bond motifs is 2. The lowest BCUT2D eigenvalue weighted by molar-refractivity contribution is -0.148. The summed E-state index contributed by atoms with van der Waals surface area (Å²) in [5, 5.41) is 25.4. The number of phenolic OH excluding ortho intramolecular Hbond substituents is 1. The zero-order chi connectivity index (χ0) is 26.6. The van der Waals surface area contributed by atoms with Crippen LogP contribution in [0.2, 0.25) is 0 Å². The number of aromatic amines is 1. The number of anilines is 1.